The average molecular weight is 524 g/mol. The largest absolute Gasteiger partial charge is 0.493 e. The lowest BCUT2D eigenvalue weighted by atomic mass is 9.95. The first-order valence-corrected chi connectivity index (χ1v) is 12.4. The summed E-state index contributed by atoms with van der Waals surface area (Å²) >= 11 is 0. The fourth-order valence-corrected chi connectivity index (χ4v) is 5.41. The van der Waals surface area contributed by atoms with E-state index in [9.17, 15) is 9.59 Å². The second kappa shape index (κ2) is 8.48. The standard InChI is InChI=1S/C28H22FN7O3/c1-35(28(38)18-9-22-20(10-19(18)29)33-26(30)23-12-31-13-36(22)23)21-4-5-39-24-7-14(2-3-17(21)24)16-6-15-8-25(37)34-27(15)32-11-16/h2-3,6-7,9-13,21H,4-5,8H2,1H3,(H2,30,33)(H,32,34,37)/t21-/m1/s1. The molecule has 2 aliphatic rings. The predicted octanol–water partition coefficient (Wildman–Crippen LogP) is 3.76. The number of imidazole rings is 1. The zero-order valence-electron chi connectivity index (χ0n) is 20.8. The number of nitrogens with two attached hydrogens (primary N) is 1. The zero-order valence-corrected chi connectivity index (χ0v) is 20.8. The van der Waals surface area contributed by atoms with Crippen LogP contribution in [0.1, 0.15) is 33.9 Å². The minimum absolute atomic E-state index is 0.0661. The highest BCUT2D eigenvalue weighted by Gasteiger charge is 2.30. The number of anilines is 2. The molecule has 3 N–H and O–H groups in total. The molecule has 7 rings (SSSR count). The third-order valence-electron chi connectivity index (χ3n) is 7.41. The molecule has 2 amide bonds. The Labute approximate surface area is 221 Å². The molecular weight excluding hydrogens is 501 g/mol. The number of rotatable bonds is 3. The second-order valence-corrected chi connectivity index (χ2v) is 9.74. The van der Waals surface area contributed by atoms with E-state index in [4.69, 9.17) is 10.5 Å². The van der Waals surface area contributed by atoms with Crippen molar-refractivity contribution in [1.82, 2.24) is 24.3 Å². The van der Waals surface area contributed by atoms with Gasteiger partial charge in [0.1, 0.15) is 28.7 Å². The third-order valence-corrected chi connectivity index (χ3v) is 7.41. The molecule has 0 saturated carbocycles. The fourth-order valence-electron chi connectivity index (χ4n) is 5.41. The lowest BCUT2D eigenvalue weighted by Gasteiger charge is -2.33. The van der Waals surface area contributed by atoms with E-state index < -0.39 is 11.7 Å². The quantitative estimate of drug-likeness (QED) is 0.369. The summed E-state index contributed by atoms with van der Waals surface area (Å²) in [4.78, 5) is 39.6. The van der Waals surface area contributed by atoms with Crippen molar-refractivity contribution in [3.05, 3.63) is 77.6 Å². The molecule has 0 aliphatic carbocycles. The molecule has 5 heterocycles. The summed E-state index contributed by atoms with van der Waals surface area (Å²) in [6.45, 7) is 0.401. The number of fused-ring (bicyclic) bond motifs is 5. The molecule has 2 aliphatic heterocycles. The topological polar surface area (TPSA) is 128 Å². The molecule has 39 heavy (non-hydrogen) atoms. The van der Waals surface area contributed by atoms with Gasteiger partial charge in [-0.05, 0) is 23.8 Å². The molecule has 5 aromatic rings. The summed E-state index contributed by atoms with van der Waals surface area (Å²) < 4.78 is 22.9. The number of hydrogen-bond acceptors (Lipinski definition) is 7. The summed E-state index contributed by atoms with van der Waals surface area (Å²) in [6, 6.07) is 10.1. The Hall–Kier alpha value is -5.06. The number of amides is 2. The Morgan fingerprint density at radius 1 is 1.18 bits per heavy atom. The SMILES string of the molecule is CN(C(=O)c1cc2c(cc1F)nc(N)c1cncn12)[C@@H]1CCOc2cc(-c3cnc4c(c3)CC(=O)N4)ccc21. The molecule has 0 radical (unpaired) electrons. The van der Waals surface area contributed by atoms with Gasteiger partial charge in [0.05, 0.1) is 48.2 Å². The van der Waals surface area contributed by atoms with E-state index in [0.717, 1.165) is 22.3 Å². The summed E-state index contributed by atoms with van der Waals surface area (Å²) in [7, 11) is 1.67. The van der Waals surface area contributed by atoms with Gasteiger partial charge in [-0.15, -0.1) is 0 Å². The van der Waals surface area contributed by atoms with Crippen LogP contribution in [0.4, 0.5) is 16.0 Å². The number of halogens is 1. The first-order chi connectivity index (χ1) is 18.9. The maximum Gasteiger partial charge on any atom is 0.257 e. The van der Waals surface area contributed by atoms with Gasteiger partial charge in [-0.25, -0.2) is 19.3 Å². The van der Waals surface area contributed by atoms with Crippen molar-refractivity contribution >= 4 is 40.0 Å². The smallest absolute Gasteiger partial charge is 0.257 e. The van der Waals surface area contributed by atoms with E-state index in [2.05, 4.69) is 20.3 Å². The Morgan fingerprint density at radius 3 is 2.92 bits per heavy atom. The van der Waals surface area contributed by atoms with Crippen molar-refractivity contribution < 1.29 is 18.7 Å². The van der Waals surface area contributed by atoms with Crippen molar-refractivity contribution in [1.29, 1.82) is 0 Å². The summed E-state index contributed by atoms with van der Waals surface area (Å²) in [6.07, 6.45) is 5.70. The number of benzene rings is 2. The van der Waals surface area contributed by atoms with Gasteiger partial charge in [0.15, 0.2) is 0 Å². The summed E-state index contributed by atoms with van der Waals surface area (Å²) in [5.41, 5.74) is 10.8. The molecule has 0 spiro atoms. The number of ether oxygens (including phenoxy) is 1. The van der Waals surface area contributed by atoms with E-state index in [1.807, 2.05) is 24.3 Å². The van der Waals surface area contributed by atoms with E-state index >= 15 is 4.39 Å². The number of hydrogen-bond donors (Lipinski definition) is 2. The Balaban J connectivity index is 1.22. The van der Waals surface area contributed by atoms with E-state index in [-0.39, 0.29) is 23.3 Å². The van der Waals surface area contributed by atoms with Gasteiger partial charge in [-0.2, -0.15) is 0 Å². The van der Waals surface area contributed by atoms with Crippen LogP contribution in [0, 0.1) is 5.82 Å². The maximum atomic E-state index is 15.2. The monoisotopic (exact) mass is 523 g/mol. The van der Waals surface area contributed by atoms with Gasteiger partial charge in [0.25, 0.3) is 5.91 Å². The van der Waals surface area contributed by atoms with Crippen molar-refractivity contribution in [3.63, 3.8) is 0 Å². The van der Waals surface area contributed by atoms with Crippen molar-refractivity contribution in [2.75, 3.05) is 24.7 Å². The molecule has 2 aromatic carbocycles. The summed E-state index contributed by atoms with van der Waals surface area (Å²) in [5.74, 6) is 0.266. The molecular formula is C28H22FN7O3. The van der Waals surface area contributed by atoms with Crippen LogP contribution in [0.25, 0.3) is 27.7 Å². The molecule has 1 atom stereocenters. The molecule has 0 unspecified atom stereocenters. The number of carbonyl (C=O) groups excluding carboxylic acids is 2. The van der Waals surface area contributed by atoms with Gasteiger partial charge in [-0.1, -0.05) is 12.1 Å². The molecule has 0 fully saturated rings. The number of nitrogen functional groups attached to an aromatic ring is 1. The van der Waals surface area contributed by atoms with Gasteiger partial charge < -0.3 is 20.7 Å². The normalized spacial score (nSPS) is 16.1. The number of nitrogens with zero attached hydrogens (tertiary/aromatic N) is 5. The number of nitrogens with one attached hydrogen (secondary N) is 1. The van der Waals surface area contributed by atoms with Crippen LogP contribution in [-0.4, -0.2) is 49.7 Å². The highest BCUT2D eigenvalue weighted by atomic mass is 19.1. The minimum Gasteiger partial charge on any atom is -0.493 e. The minimum atomic E-state index is -0.676. The van der Waals surface area contributed by atoms with Crippen molar-refractivity contribution in [2.45, 2.75) is 18.9 Å². The van der Waals surface area contributed by atoms with Crippen LogP contribution >= 0.6 is 0 Å². The Morgan fingerprint density at radius 2 is 2.05 bits per heavy atom. The van der Waals surface area contributed by atoms with Crippen LogP contribution in [0.2, 0.25) is 0 Å². The average Bonchev–Trinajstić information content (AvgIpc) is 3.57. The predicted molar refractivity (Wildman–Crippen MR) is 142 cm³/mol. The van der Waals surface area contributed by atoms with Crippen LogP contribution in [0.15, 0.2) is 55.1 Å². The molecule has 0 saturated heterocycles. The first kappa shape index (κ1) is 23.1. The molecule has 10 nitrogen and oxygen atoms in total. The second-order valence-electron chi connectivity index (χ2n) is 9.74. The van der Waals surface area contributed by atoms with Gasteiger partial charge in [0.2, 0.25) is 5.91 Å². The Kier molecular flexibility index (Phi) is 5.02. The third kappa shape index (κ3) is 3.65. The number of pyridine rings is 1. The lowest BCUT2D eigenvalue weighted by molar-refractivity contribution is -0.115. The van der Waals surface area contributed by atoms with Crippen molar-refractivity contribution in [2.24, 2.45) is 0 Å². The van der Waals surface area contributed by atoms with Crippen LogP contribution in [-0.2, 0) is 11.2 Å². The van der Waals surface area contributed by atoms with Crippen molar-refractivity contribution in [3.8, 4) is 16.9 Å². The van der Waals surface area contributed by atoms with Gasteiger partial charge in [0, 0.05) is 42.4 Å². The molecule has 194 valence electrons. The fraction of sp³-hybridized carbons (Fsp3) is 0.179. The maximum absolute atomic E-state index is 15.2. The van der Waals surface area contributed by atoms with Crippen LogP contribution < -0.4 is 15.8 Å². The highest BCUT2D eigenvalue weighted by molar-refractivity contribution is 5.99. The van der Waals surface area contributed by atoms with E-state index in [1.165, 1.54) is 12.1 Å². The van der Waals surface area contributed by atoms with Gasteiger partial charge in [-0.3, -0.25) is 14.0 Å². The summed E-state index contributed by atoms with van der Waals surface area (Å²) in [5, 5.41) is 2.74. The van der Waals surface area contributed by atoms with E-state index in [0.29, 0.717) is 47.6 Å². The molecule has 3 aromatic heterocycles. The Bertz CT molecular complexity index is 1850. The van der Waals surface area contributed by atoms with Crippen LogP contribution in [0.3, 0.4) is 0 Å². The number of aromatic nitrogens is 4. The first-order valence-electron chi connectivity index (χ1n) is 12.4. The van der Waals surface area contributed by atoms with Crippen LogP contribution in [0.5, 0.6) is 5.75 Å². The zero-order chi connectivity index (χ0) is 26.8. The lowest BCUT2D eigenvalue weighted by Crippen LogP contribution is -2.34. The van der Waals surface area contributed by atoms with E-state index in [1.54, 1.807) is 35.1 Å². The highest BCUT2D eigenvalue weighted by Crippen LogP contribution is 2.39. The number of carbonyl (C=O) groups is 2. The van der Waals surface area contributed by atoms with Gasteiger partial charge >= 0.3 is 0 Å². The molecule has 11 heteroatoms. The molecule has 0 bridgehead atoms.